The van der Waals surface area contributed by atoms with Gasteiger partial charge in [0.2, 0.25) is 0 Å². The lowest BCUT2D eigenvalue weighted by molar-refractivity contribution is 0.139. The number of rotatable bonds is 2. The zero-order valence-corrected chi connectivity index (χ0v) is 23.0. The van der Waals surface area contributed by atoms with Crippen molar-refractivity contribution in [1.82, 2.24) is 0 Å². The topological polar surface area (TPSA) is 96.6 Å². The smallest absolute Gasteiger partial charge is 0.196 e. The molecular weight excluding hydrogens is 512 g/mol. The first kappa shape index (κ1) is 25.9. The van der Waals surface area contributed by atoms with Crippen LogP contribution in [0.4, 0.5) is 0 Å². The molecule has 0 aliphatic carbocycles. The Labute approximate surface area is 232 Å². The van der Waals surface area contributed by atoms with Gasteiger partial charge < -0.3 is 33.2 Å². The highest BCUT2D eigenvalue weighted by Gasteiger charge is 2.41. The van der Waals surface area contributed by atoms with Gasteiger partial charge in [-0.1, -0.05) is 13.0 Å². The molecule has 208 valence electrons. The molecule has 0 spiro atoms. The number of benzene rings is 3. The van der Waals surface area contributed by atoms with Crippen LogP contribution in [0.25, 0.3) is 11.0 Å². The number of hydrogen-bond donors (Lipinski definition) is 1. The lowest BCUT2D eigenvalue weighted by atomic mass is 9.89. The highest BCUT2D eigenvalue weighted by molar-refractivity contribution is 5.87. The Bertz CT molecular complexity index is 1640. The van der Waals surface area contributed by atoms with E-state index < -0.39 is 0 Å². The van der Waals surface area contributed by atoms with E-state index in [0.29, 0.717) is 48.2 Å². The normalized spacial score (nSPS) is 20.1. The second-order valence-corrected chi connectivity index (χ2v) is 10.5. The van der Waals surface area contributed by atoms with E-state index in [1.807, 2.05) is 30.3 Å². The summed E-state index contributed by atoms with van der Waals surface area (Å²) >= 11 is 0. The molecule has 0 saturated carbocycles. The quantitative estimate of drug-likeness (QED) is 0.324. The fourth-order valence-corrected chi connectivity index (χ4v) is 5.59. The van der Waals surface area contributed by atoms with Gasteiger partial charge in [-0.25, -0.2) is 0 Å². The molecule has 0 radical (unpaired) electrons. The van der Waals surface area contributed by atoms with Crippen molar-refractivity contribution in [3.63, 3.8) is 0 Å². The molecule has 8 heteroatoms. The molecule has 0 bridgehead atoms. The molecule has 8 nitrogen and oxygen atoms in total. The SMILES string of the molecule is COc1ccc2c(c1)OC1c3ccc(OC)cc3OCC21.Cc1cc(=O)c2c(O)c3c(cc2o1)OCC(C)CC3. The number of fused-ring (bicyclic) bond motifs is 7. The minimum absolute atomic E-state index is 0.00163. The Balaban J connectivity index is 0.000000145. The second kappa shape index (κ2) is 10.3. The van der Waals surface area contributed by atoms with Crippen LogP contribution in [0, 0.1) is 12.8 Å². The van der Waals surface area contributed by atoms with Gasteiger partial charge in [-0.15, -0.1) is 0 Å². The maximum absolute atomic E-state index is 12.0. The minimum Gasteiger partial charge on any atom is -0.507 e. The van der Waals surface area contributed by atoms with Crippen LogP contribution < -0.4 is 29.1 Å². The Kier molecular flexibility index (Phi) is 6.70. The molecule has 1 aromatic heterocycles. The number of ether oxygens (including phenoxy) is 5. The fraction of sp³-hybridized carbons (Fsp3) is 0.344. The van der Waals surface area contributed by atoms with Gasteiger partial charge in [0.05, 0.1) is 33.4 Å². The average Bonchev–Trinajstić information content (AvgIpc) is 3.22. The van der Waals surface area contributed by atoms with E-state index in [1.54, 1.807) is 27.2 Å². The molecule has 3 unspecified atom stereocenters. The summed E-state index contributed by atoms with van der Waals surface area (Å²) in [7, 11) is 3.32. The van der Waals surface area contributed by atoms with Gasteiger partial charge >= 0.3 is 0 Å². The van der Waals surface area contributed by atoms with E-state index in [9.17, 15) is 9.90 Å². The fourth-order valence-electron chi connectivity index (χ4n) is 5.59. The summed E-state index contributed by atoms with van der Waals surface area (Å²) in [5, 5.41) is 10.6. The summed E-state index contributed by atoms with van der Waals surface area (Å²) in [4.78, 5) is 12.0. The monoisotopic (exact) mass is 544 g/mol. The lowest BCUT2D eigenvalue weighted by Crippen LogP contribution is -2.23. The summed E-state index contributed by atoms with van der Waals surface area (Å²) in [6.07, 6.45) is 1.65. The van der Waals surface area contributed by atoms with E-state index in [0.717, 1.165) is 35.0 Å². The van der Waals surface area contributed by atoms with E-state index in [1.165, 1.54) is 11.6 Å². The number of aromatic hydroxyl groups is 1. The molecular formula is C32H32O8. The first-order valence-corrected chi connectivity index (χ1v) is 13.4. The van der Waals surface area contributed by atoms with Gasteiger partial charge in [0, 0.05) is 41.0 Å². The molecule has 4 heterocycles. The lowest BCUT2D eigenvalue weighted by Gasteiger charge is -2.28. The number of phenolic OH excluding ortho intramolecular Hbond substituents is 1. The van der Waals surface area contributed by atoms with Crippen LogP contribution >= 0.6 is 0 Å². The van der Waals surface area contributed by atoms with Crippen molar-refractivity contribution in [3.8, 4) is 34.5 Å². The highest BCUT2D eigenvalue weighted by Crippen LogP contribution is 2.52. The second-order valence-electron chi connectivity index (χ2n) is 10.5. The van der Waals surface area contributed by atoms with Crippen LogP contribution in [-0.4, -0.2) is 32.5 Å². The standard InChI is InChI=1S/C17H16O4.C15H16O4/c1-18-10-4-6-13-15(7-10)20-9-14-12-5-3-11(19-2)8-16(12)21-17(13)14;1-8-3-4-10-12(18-7-8)6-13-14(15(10)17)11(16)5-9(2)19-13/h3-8,14,17H,9H2,1-2H3;5-6,8,17H,3-4,7H2,1-2H3. The Morgan fingerprint density at radius 3 is 2.33 bits per heavy atom. The van der Waals surface area contributed by atoms with Gasteiger partial charge in [0.15, 0.2) is 5.43 Å². The average molecular weight is 545 g/mol. The summed E-state index contributed by atoms with van der Waals surface area (Å²) in [5.74, 6) is 5.16. The predicted molar refractivity (Wildman–Crippen MR) is 149 cm³/mol. The van der Waals surface area contributed by atoms with E-state index >= 15 is 0 Å². The van der Waals surface area contributed by atoms with Crippen LogP contribution in [0.15, 0.2) is 57.7 Å². The third kappa shape index (κ3) is 4.57. The molecule has 3 aliphatic rings. The molecule has 3 atom stereocenters. The Morgan fingerprint density at radius 1 is 0.875 bits per heavy atom. The predicted octanol–water partition coefficient (Wildman–Crippen LogP) is 6.08. The van der Waals surface area contributed by atoms with Crippen molar-refractivity contribution in [2.75, 3.05) is 27.4 Å². The highest BCUT2D eigenvalue weighted by atomic mass is 16.5. The zero-order chi connectivity index (χ0) is 28.0. The van der Waals surface area contributed by atoms with Crippen LogP contribution in [0.3, 0.4) is 0 Å². The van der Waals surface area contributed by atoms with Gasteiger partial charge in [-0.05, 0) is 43.9 Å². The van der Waals surface area contributed by atoms with Crippen LogP contribution in [0.2, 0.25) is 0 Å². The van der Waals surface area contributed by atoms with Crippen LogP contribution in [0.5, 0.6) is 34.5 Å². The molecule has 3 aliphatic heterocycles. The summed E-state index contributed by atoms with van der Waals surface area (Å²) in [6, 6.07) is 15.0. The third-order valence-electron chi connectivity index (χ3n) is 7.78. The molecule has 4 aromatic rings. The first-order chi connectivity index (χ1) is 19.4. The van der Waals surface area contributed by atoms with Gasteiger partial charge in [0.25, 0.3) is 0 Å². The van der Waals surface area contributed by atoms with E-state index in [4.69, 9.17) is 28.1 Å². The third-order valence-corrected chi connectivity index (χ3v) is 7.78. The Morgan fingerprint density at radius 2 is 1.57 bits per heavy atom. The van der Waals surface area contributed by atoms with Gasteiger partial charge in [0.1, 0.15) is 57.3 Å². The van der Waals surface area contributed by atoms with Crippen molar-refractivity contribution in [3.05, 3.63) is 81.2 Å². The molecule has 0 saturated heterocycles. The number of methoxy groups -OCH3 is 2. The molecule has 0 amide bonds. The van der Waals surface area contributed by atoms with Crippen molar-refractivity contribution < 1.29 is 33.2 Å². The largest absolute Gasteiger partial charge is 0.507 e. The van der Waals surface area contributed by atoms with Crippen molar-refractivity contribution in [1.29, 1.82) is 0 Å². The molecule has 40 heavy (non-hydrogen) atoms. The van der Waals surface area contributed by atoms with Crippen molar-refractivity contribution >= 4 is 11.0 Å². The Hall–Kier alpha value is -4.33. The summed E-state index contributed by atoms with van der Waals surface area (Å²) < 4.78 is 33.8. The number of phenols is 1. The van der Waals surface area contributed by atoms with E-state index in [2.05, 4.69) is 13.0 Å². The van der Waals surface area contributed by atoms with Gasteiger partial charge in [-0.2, -0.15) is 0 Å². The summed E-state index contributed by atoms with van der Waals surface area (Å²) in [6.45, 7) is 5.06. The van der Waals surface area contributed by atoms with Crippen LogP contribution in [-0.2, 0) is 6.42 Å². The molecule has 0 fully saturated rings. The van der Waals surface area contributed by atoms with E-state index in [-0.39, 0.29) is 28.6 Å². The maximum Gasteiger partial charge on any atom is 0.196 e. The first-order valence-electron chi connectivity index (χ1n) is 13.4. The van der Waals surface area contributed by atoms with Crippen molar-refractivity contribution in [2.45, 2.75) is 38.7 Å². The zero-order valence-electron chi connectivity index (χ0n) is 23.0. The maximum atomic E-state index is 12.0. The van der Waals surface area contributed by atoms with Crippen LogP contribution in [0.1, 0.15) is 47.8 Å². The van der Waals surface area contributed by atoms with Gasteiger partial charge in [-0.3, -0.25) is 4.79 Å². The summed E-state index contributed by atoms with van der Waals surface area (Å²) in [5.41, 5.74) is 3.14. The van der Waals surface area contributed by atoms with Crippen molar-refractivity contribution in [2.24, 2.45) is 5.92 Å². The molecule has 7 rings (SSSR count). The minimum atomic E-state index is -0.212. The molecule has 3 aromatic carbocycles. The number of hydrogen-bond acceptors (Lipinski definition) is 8. The number of aryl methyl sites for hydroxylation is 1. The molecule has 1 N–H and O–H groups in total.